The van der Waals surface area contributed by atoms with Gasteiger partial charge in [0.15, 0.2) is 0 Å². The van der Waals surface area contributed by atoms with Crippen LogP contribution < -0.4 is 16.8 Å². The van der Waals surface area contributed by atoms with E-state index in [1.165, 1.54) is 6.07 Å². The second-order valence-corrected chi connectivity index (χ2v) is 4.10. The number of aryl methyl sites for hydroxylation is 1. The summed E-state index contributed by atoms with van der Waals surface area (Å²) in [5.41, 5.74) is 11.8. The predicted octanol–water partition coefficient (Wildman–Crippen LogP) is 0.358. The Balaban J connectivity index is 2.38. The zero-order valence-corrected chi connectivity index (χ0v) is 10.4. The van der Waals surface area contributed by atoms with Crippen LogP contribution in [0.1, 0.15) is 35.3 Å². The van der Waals surface area contributed by atoms with Crippen LogP contribution in [0.4, 0.5) is 5.82 Å². The molecule has 1 rings (SSSR count). The Morgan fingerprint density at radius 3 is 2.67 bits per heavy atom. The first kappa shape index (κ1) is 14.0. The molecule has 0 unspecified atom stereocenters. The van der Waals surface area contributed by atoms with Crippen LogP contribution in [-0.2, 0) is 4.79 Å². The van der Waals surface area contributed by atoms with Crippen molar-refractivity contribution < 1.29 is 9.59 Å². The molecule has 0 fully saturated rings. The van der Waals surface area contributed by atoms with E-state index in [4.69, 9.17) is 11.5 Å². The van der Waals surface area contributed by atoms with Gasteiger partial charge in [0.1, 0.15) is 5.82 Å². The molecule has 98 valence electrons. The molecule has 1 heterocycles. The molecule has 0 aromatic carbocycles. The van der Waals surface area contributed by atoms with Gasteiger partial charge in [-0.3, -0.25) is 9.59 Å². The second kappa shape index (κ2) is 6.58. The summed E-state index contributed by atoms with van der Waals surface area (Å²) in [5.74, 6) is -0.181. The third kappa shape index (κ3) is 4.82. The summed E-state index contributed by atoms with van der Waals surface area (Å²) in [6.45, 7) is 2.29. The molecule has 18 heavy (non-hydrogen) atoms. The van der Waals surface area contributed by atoms with Crippen molar-refractivity contribution in [3.8, 4) is 0 Å². The van der Waals surface area contributed by atoms with Crippen LogP contribution in [0.25, 0.3) is 0 Å². The third-order valence-electron chi connectivity index (χ3n) is 2.37. The molecular weight excluding hydrogens is 232 g/mol. The first-order valence-corrected chi connectivity index (χ1v) is 5.79. The van der Waals surface area contributed by atoms with Gasteiger partial charge < -0.3 is 16.8 Å². The maximum Gasteiger partial charge on any atom is 0.251 e. The molecule has 1 aromatic rings. The van der Waals surface area contributed by atoms with Gasteiger partial charge in [0.2, 0.25) is 5.91 Å². The molecule has 2 amide bonds. The van der Waals surface area contributed by atoms with E-state index in [0.29, 0.717) is 42.9 Å². The van der Waals surface area contributed by atoms with Crippen molar-refractivity contribution in [2.45, 2.75) is 26.2 Å². The quantitative estimate of drug-likeness (QED) is 0.633. The Kier molecular flexibility index (Phi) is 5.10. The van der Waals surface area contributed by atoms with E-state index in [1.54, 1.807) is 13.0 Å². The van der Waals surface area contributed by atoms with Gasteiger partial charge in [-0.15, -0.1) is 0 Å². The van der Waals surface area contributed by atoms with Gasteiger partial charge in [0.05, 0.1) is 0 Å². The summed E-state index contributed by atoms with van der Waals surface area (Å²) in [6.07, 6.45) is 1.73. The fourth-order valence-electron chi connectivity index (χ4n) is 1.55. The van der Waals surface area contributed by atoms with Crippen LogP contribution >= 0.6 is 0 Å². The first-order chi connectivity index (χ1) is 8.49. The average Bonchev–Trinajstić information content (AvgIpc) is 2.26. The first-order valence-electron chi connectivity index (χ1n) is 5.79. The van der Waals surface area contributed by atoms with E-state index >= 15 is 0 Å². The lowest BCUT2D eigenvalue weighted by atomic mass is 10.2. The minimum absolute atomic E-state index is 0.189. The fraction of sp³-hybridized carbons (Fsp3) is 0.417. The molecule has 6 heteroatoms. The Bertz CT molecular complexity index is 425. The number of hydrogen-bond acceptors (Lipinski definition) is 4. The van der Waals surface area contributed by atoms with Gasteiger partial charge in [-0.2, -0.15) is 0 Å². The number of carbonyl (C=O) groups is 2. The van der Waals surface area contributed by atoms with Crippen LogP contribution in [0.2, 0.25) is 0 Å². The Hall–Kier alpha value is -2.11. The molecule has 0 aliphatic carbocycles. The number of primary amides is 1. The van der Waals surface area contributed by atoms with Crippen LogP contribution in [0.3, 0.4) is 0 Å². The summed E-state index contributed by atoms with van der Waals surface area (Å²) in [6, 6.07) is 3.21. The van der Waals surface area contributed by atoms with Crippen LogP contribution in [0, 0.1) is 6.92 Å². The van der Waals surface area contributed by atoms with Crippen molar-refractivity contribution in [2.75, 3.05) is 12.3 Å². The predicted molar refractivity (Wildman–Crippen MR) is 68.8 cm³/mol. The topological polar surface area (TPSA) is 111 Å². The van der Waals surface area contributed by atoms with E-state index in [0.717, 1.165) is 0 Å². The van der Waals surface area contributed by atoms with Crippen molar-refractivity contribution in [1.29, 1.82) is 0 Å². The Morgan fingerprint density at radius 1 is 1.33 bits per heavy atom. The molecule has 0 aliphatic rings. The number of amides is 2. The standard InChI is InChI=1S/C12H18N4O2/c1-8-6-9(7-10(13)16-8)12(18)15-5-3-2-4-11(14)17/h6-7H,2-5H2,1H3,(H2,13,16)(H2,14,17)(H,15,18). The number of nitrogens with two attached hydrogens (primary N) is 2. The van der Waals surface area contributed by atoms with E-state index in [1.807, 2.05) is 0 Å². The average molecular weight is 250 g/mol. The molecule has 1 aromatic heterocycles. The number of nitrogens with zero attached hydrogens (tertiary/aromatic N) is 1. The smallest absolute Gasteiger partial charge is 0.251 e. The van der Waals surface area contributed by atoms with Gasteiger partial charge >= 0.3 is 0 Å². The van der Waals surface area contributed by atoms with E-state index < -0.39 is 0 Å². The number of carbonyl (C=O) groups excluding carboxylic acids is 2. The number of pyridine rings is 1. The number of nitrogens with one attached hydrogen (secondary N) is 1. The molecule has 0 aliphatic heterocycles. The van der Waals surface area contributed by atoms with Gasteiger partial charge in [0, 0.05) is 24.2 Å². The maximum absolute atomic E-state index is 11.8. The number of rotatable bonds is 6. The fourth-order valence-corrected chi connectivity index (χ4v) is 1.55. The van der Waals surface area contributed by atoms with Crippen LogP contribution in [0.5, 0.6) is 0 Å². The highest BCUT2D eigenvalue weighted by Gasteiger charge is 2.06. The number of nitrogen functional groups attached to an aromatic ring is 1. The third-order valence-corrected chi connectivity index (χ3v) is 2.37. The number of unbranched alkanes of at least 4 members (excludes halogenated alkanes) is 1. The normalized spacial score (nSPS) is 10.1. The summed E-state index contributed by atoms with van der Waals surface area (Å²) in [5, 5.41) is 2.75. The van der Waals surface area contributed by atoms with Crippen molar-refractivity contribution >= 4 is 17.6 Å². The Morgan fingerprint density at radius 2 is 2.06 bits per heavy atom. The van der Waals surface area contributed by atoms with Crippen molar-refractivity contribution in [1.82, 2.24) is 10.3 Å². The van der Waals surface area contributed by atoms with Crippen molar-refractivity contribution in [3.05, 3.63) is 23.4 Å². The molecular formula is C12H18N4O2. The molecule has 0 spiro atoms. The summed E-state index contributed by atoms with van der Waals surface area (Å²) < 4.78 is 0. The summed E-state index contributed by atoms with van der Waals surface area (Å²) in [7, 11) is 0. The minimum Gasteiger partial charge on any atom is -0.384 e. The van der Waals surface area contributed by atoms with Crippen molar-refractivity contribution in [3.63, 3.8) is 0 Å². The lowest BCUT2D eigenvalue weighted by Crippen LogP contribution is -2.25. The number of anilines is 1. The SMILES string of the molecule is Cc1cc(C(=O)NCCCCC(N)=O)cc(N)n1. The van der Waals surface area contributed by atoms with Gasteiger partial charge in [-0.05, 0) is 31.9 Å². The molecule has 5 N–H and O–H groups in total. The minimum atomic E-state index is -0.321. The summed E-state index contributed by atoms with van der Waals surface area (Å²) >= 11 is 0. The highest BCUT2D eigenvalue weighted by atomic mass is 16.2. The van der Waals surface area contributed by atoms with Gasteiger partial charge in [-0.25, -0.2) is 4.98 Å². The lowest BCUT2D eigenvalue weighted by molar-refractivity contribution is -0.118. The monoisotopic (exact) mass is 250 g/mol. The highest BCUT2D eigenvalue weighted by Crippen LogP contribution is 2.06. The number of aromatic nitrogens is 1. The lowest BCUT2D eigenvalue weighted by Gasteiger charge is -2.06. The van der Waals surface area contributed by atoms with Crippen LogP contribution in [0.15, 0.2) is 12.1 Å². The maximum atomic E-state index is 11.8. The molecule has 6 nitrogen and oxygen atoms in total. The van der Waals surface area contributed by atoms with Crippen molar-refractivity contribution in [2.24, 2.45) is 5.73 Å². The van der Waals surface area contributed by atoms with E-state index in [9.17, 15) is 9.59 Å². The molecule has 0 saturated carbocycles. The zero-order valence-electron chi connectivity index (χ0n) is 10.4. The Labute approximate surface area is 106 Å². The summed E-state index contributed by atoms with van der Waals surface area (Å²) in [4.78, 5) is 26.3. The second-order valence-electron chi connectivity index (χ2n) is 4.10. The molecule has 0 bridgehead atoms. The molecule has 0 atom stereocenters. The molecule has 0 radical (unpaired) electrons. The number of hydrogen-bond donors (Lipinski definition) is 3. The van der Waals surface area contributed by atoms with Gasteiger partial charge in [-0.1, -0.05) is 0 Å². The van der Waals surface area contributed by atoms with E-state index in [2.05, 4.69) is 10.3 Å². The largest absolute Gasteiger partial charge is 0.384 e. The zero-order chi connectivity index (χ0) is 13.5. The highest BCUT2D eigenvalue weighted by molar-refractivity contribution is 5.94. The molecule has 0 saturated heterocycles. The van der Waals surface area contributed by atoms with Gasteiger partial charge in [0.25, 0.3) is 5.91 Å². The van der Waals surface area contributed by atoms with Crippen LogP contribution in [-0.4, -0.2) is 23.3 Å². The van der Waals surface area contributed by atoms with E-state index in [-0.39, 0.29) is 11.8 Å².